The van der Waals surface area contributed by atoms with E-state index in [2.05, 4.69) is 45.9 Å². The van der Waals surface area contributed by atoms with Crippen LogP contribution in [0.1, 0.15) is 37.0 Å². The number of hydrogen-bond donors (Lipinski definition) is 1. The Morgan fingerprint density at radius 3 is 2.53 bits per heavy atom. The topological polar surface area (TPSA) is 35.2 Å². The number of methoxy groups -OCH3 is 1. The molecule has 2 heteroatoms. The predicted octanol–water partition coefficient (Wildman–Crippen LogP) is 2.99. The van der Waals surface area contributed by atoms with Gasteiger partial charge in [-0.25, -0.2) is 0 Å². The minimum absolute atomic E-state index is 0.0259. The van der Waals surface area contributed by atoms with Gasteiger partial charge in [-0.1, -0.05) is 30.7 Å². The summed E-state index contributed by atoms with van der Waals surface area (Å²) in [6.45, 7) is 8.46. The highest BCUT2D eigenvalue weighted by atomic mass is 16.5. The van der Waals surface area contributed by atoms with Gasteiger partial charge in [-0.3, -0.25) is 0 Å². The predicted molar refractivity (Wildman–Crippen MR) is 73.3 cm³/mol. The van der Waals surface area contributed by atoms with Crippen LogP contribution in [0.2, 0.25) is 0 Å². The summed E-state index contributed by atoms with van der Waals surface area (Å²) in [7, 11) is 1.74. The summed E-state index contributed by atoms with van der Waals surface area (Å²) in [6, 6.07) is 6.55. The minimum atomic E-state index is -0.240. The summed E-state index contributed by atoms with van der Waals surface area (Å²) < 4.78 is 5.57. The van der Waals surface area contributed by atoms with Gasteiger partial charge >= 0.3 is 0 Å². The molecule has 0 saturated heterocycles. The van der Waals surface area contributed by atoms with Gasteiger partial charge in [-0.05, 0) is 44.7 Å². The van der Waals surface area contributed by atoms with Crippen molar-refractivity contribution in [3.8, 4) is 0 Å². The van der Waals surface area contributed by atoms with Gasteiger partial charge in [0.2, 0.25) is 0 Å². The van der Waals surface area contributed by atoms with Crippen molar-refractivity contribution in [1.29, 1.82) is 0 Å². The Balaban J connectivity index is 2.87. The van der Waals surface area contributed by atoms with Crippen molar-refractivity contribution in [1.82, 2.24) is 0 Å². The Labute approximate surface area is 105 Å². The SMILES string of the molecule is CCC(C)(OC)C(N)Cc1cc(C)ccc1C. The van der Waals surface area contributed by atoms with Crippen LogP contribution in [-0.2, 0) is 11.2 Å². The number of rotatable bonds is 5. The highest BCUT2D eigenvalue weighted by Crippen LogP contribution is 2.22. The zero-order valence-corrected chi connectivity index (χ0v) is 11.7. The van der Waals surface area contributed by atoms with Crippen LogP contribution in [-0.4, -0.2) is 18.8 Å². The zero-order valence-electron chi connectivity index (χ0n) is 11.7. The van der Waals surface area contributed by atoms with Crippen LogP contribution < -0.4 is 5.73 Å². The molecule has 1 aromatic carbocycles. The molecule has 0 aromatic heterocycles. The van der Waals surface area contributed by atoms with Gasteiger partial charge in [0.05, 0.1) is 5.60 Å². The second-order valence-electron chi connectivity index (χ2n) is 5.11. The maximum atomic E-state index is 6.30. The zero-order chi connectivity index (χ0) is 13.1. The second kappa shape index (κ2) is 5.65. The molecule has 0 fully saturated rings. The maximum Gasteiger partial charge on any atom is 0.0801 e. The van der Waals surface area contributed by atoms with Gasteiger partial charge in [0.15, 0.2) is 0 Å². The van der Waals surface area contributed by atoms with Crippen LogP contribution in [0.4, 0.5) is 0 Å². The third-order valence-electron chi connectivity index (χ3n) is 3.90. The Bertz CT molecular complexity index is 369. The molecule has 1 rings (SSSR count). The Kier molecular flexibility index (Phi) is 4.72. The van der Waals surface area contributed by atoms with Gasteiger partial charge in [0.25, 0.3) is 0 Å². The first-order valence-corrected chi connectivity index (χ1v) is 6.29. The van der Waals surface area contributed by atoms with E-state index in [9.17, 15) is 0 Å². The first-order chi connectivity index (χ1) is 7.92. The molecule has 0 amide bonds. The molecular weight excluding hydrogens is 210 g/mol. The maximum absolute atomic E-state index is 6.30. The van der Waals surface area contributed by atoms with Crippen molar-refractivity contribution in [2.45, 2.75) is 52.2 Å². The Morgan fingerprint density at radius 2 is 2.00 bits per heavy atom. The normalized spacial score (nSPS) is 16.6. The first kappa shape index (κ1) is 14.2. The lowest BCUT2D eigenvalue weighted by molar-refractivity contribution is -0.0184. The number of ether oxygens (including phenoxy) is 1. The van der Waals surface area contributed by atoms with Crippen LogP contribution in [0.15, 0.2) is 18.2 Å². The molecule has 2 nitrogen and oxygen atoms in total. The third-order valence-corrected chi connectivity index (χ3v) is 3.90. The van der Waals surface area contributed by atoms with Crippen LogP contribution in [0, 0.1) is 13.8 Å². The third kappa shape index (κ3) is 3.30. The molecule has 2 unspecified atom stereocenters. The lowest BCUT2D eigenvalue weighted by atomic mass is 9.87. The average molecular weight is 235 g/mol. The van der Waals surface area contributed by atoms with E-state index in [1.807, 2.05) is 0 Å². The summed E-state index contributed by atoms with van der Waals surface area (Å²) in [5.74, 6) is 0. The molecular formula is C15H25NO. The standard InChI is InChI=1S/C15H25NO/c1-6-15(4,17-5)14(16)10-13-9-11(2)7-8-12(13)3/h7-9,14H,6,10,16H2,1-5H3. The van der Waals surface area contributed by atoms with Crippen molar-refractivity contribution < 1.29 is 4.74 Å². The molecule has 0 saturated carbocycles. The second-order valence-corrected chi connectivity index (χ2v) is 5.11. The van der Waals surface area contributed by atoms with Gasteiger partial charge in [0, 0.05) is 13.2 Å². The lowest BCUT2D eigenvalue weighted by Crippen LogP contribution is -2.48. The highest BCUT2D eigenvalue weighted by Gasteiger charge is 2.29. The van der Waals surface area contributed by atoms with Crippen LogP contribution in [0.3, 0.4) is 0 Å². The van der Waals surface area contributed by atoms with Gasteiger partial charge in [-0.2, -0.15) is 0 Å². The molecule has 0 aliphatic heterocycles. The van der Waals surface area contributed by atoms with E-state index in [1.54, 1.807) is 7.11 Å². The van der Waals surface area contributed by atoms with E-state index in [0.29, 0.717) is 0 Å². The largest absolute Gasteiger partial charge is 0.377 e. The Hall–Kier alpha value is -0.860. The fourth-order valence-corrected chi connectivity index (χ4v) is 2.03. The van der Waals surface area contributed by atoms with E-state index in [0.717, 1.165) is 12.8 Å². The molecule has 0 spiro atoms. The number of aryl methyl sites for hydroxylation is 2. The van der Waals surface area contributed by atoms with Crippen molar-refractivity contribution in [3.05, 3.63) is 34.9 Å². The summed E-state index contributed by atoms with van der Waals surface area (Å²) >= 11 is 0. The fraction of sp³-hybridized carbons (Fsp3) is 0.600. The van der Waals surface area contributed by atoms with Gasteiger partial charge in [0.1, 0.15) is 0 Å². The molecule has 96 valence electrons. The van der Waals surface area contributed by atoms with Crippen molar-refractivity contribution in [2.24, 2.45) is 5.73 Å². The van der Waals surface area contributed by atoms with Crippen molar-refractivity contribution in [3.63, 3.8) is 0 Å². The van der Waals surface area contributed by atoms with E-state index in [4.69, 9.17) is 10.5 Å². The van der Waals surface area contributed by atoms with Crippen LogP contribution in [0.25, 0.3) is 0 Å². The average Bonchev–Trinajstić information content (AvgIpc) is 2.32. The molecule has 2 atom stereocenters. The van der Waals surface area contributed by atoms with Crippen molar-refractivity contribution >= 4 is 0 Å². The van der Waals surface area contributed by atoms with Gasteiger partial charge in [-0.15, -0.1) is 0 Å². The Morgan fingerprint density at radius 1 is 1.35 bits per heavy atom. The summed E-state index contributed by atoms with van der Waals surface area (Å²) in [4.78, 5) is 0. The summed E-state index contributed by atoms with van der Waals surface area (Å²) in [5.41, 5.74) is 9.98. The summed E-state index contributed by atoms with van der Waals surface area (Å²) in [6.07, 6.45) is 1.79. The van der Waals surface area contributed by atoms with Crippen molar-refractivity contribution in [2.75, 3.05) is 7.11 Å². The van der Waals surface area contributed by atoms with E-state index >= 15 is 0 Å². The molecule has 17 heavy (non-hydrogen) atoms. The van der Waals surface area contributed by atoms with Crippen LogP contribution >= 0.6 is 0 Å². The molecule has 0 aliphatic rings. The lowest BCUT2D eigenvalue weighted by Gasteiger charge is -2.33. The monoisotopic (exact) mass is 235 g/mol. The minimum Gasteiger partial charge on any atom is -0.377 e. The molecule has 0 heterocycles. The van der Waals surface area contributed by atoms with E-state index in [1.165, 1.54) is 16.7 Å². The quantitative estimate of drug-likeness (QED) is 0.851. The molecule has 1 aromatic rings. The van der Waals surface area contributed by atoms with E-state index in [-0.39, 0.29) is 11.6 Å². The fourth-order valence-electron chi connectivity index (χ4n) is 2.03. The number of hydrogen-bond acceptors (Lipinski definition) is 2. The van der Waals surface area contributed by atoms with Gasteiger partial charge < -0.3 is 10.5 Å². The summed E-state index contributed by atoms with van der Waals surface area (Å²) in [5, 5.41) is 0. The number of benzene rings is 1. The smallest absolute Gasteiger partial charge is 0.0801 e. The molecule has 2 N–H and O–H groups in total. The first-order valence-electron chi connectivity index (χ1n) is 6.29. The molecule has 0 radical (unpaired) electrons. The molecule has 0 aliphatic carbocycles. The van der Waals surface area contributed by atoms with Crippen LogP contribution in [0.5, 0.6) is 0 Å². The molecule has 0 bridgehead atoms. The highest BCUT2D eigenvalue weighted by molar-refractivity contribution is 5.31. The number of nitrogens with two attached hydrogens (primary N) is 1. The van der Waals surface area contributed by atoms with E-state index < -0.39 is 0 Å².